The minimum atomic E-state index is 0.200. The predicted octanol–water partition coefficient (Wildman–Crippen LogP) is 3.37. The fourth-order valence-corrected chi connectivity index (χ4v) is 5.32. The molecule has 0 spiro atoms. The zero-order chi connectivity index (χ0) is 14.7. The largest absolute Gasteiger partial charge is 0.493 e. The van der Waals surface area contributed by atoms with Gasteiger partial charge in [-0.15, -0.1) is 11.3 Å². The Morgan fingerprint density at radius 2 is 2.09 bits per heavy atom. The average molecular weight is 311 g/mol. The molecule has 1 aromatic heterocycles. The van der Waals surface area contributed by atoms with Gasteiger partial charge in [-0.3, -0.25) is 4.79 Å². The number of benzene rings is 1. The van der Waals surface area contributed by atoms with Gasteiger partial charge in [0.1, 0.15) is 5.75 Å². The number of carbonyl (C=O) groups is 1. The minimum absolute atomic E-state index is 0.200. The Morgan fingerprint density at radius 3 is 3.05 bits per heavy atom. The molecule has 0 aliphatic carbocycles. The number of hydrogen-bond acceptors (Lipinski definition) is 3. The Hall–Kier alpha value is -1.81. The molecule has 0 saturated carbocycles. The molecule has 0 bridgehead atoms. The van der Waals surface area contributed by atoms with E-state index in [0.717, 1.165) is 18.7 Å². The second-order valence-corrected chi connectivity index (χ2v) is 7.42. The Labute approximate surface area is 133 Å². The molecule has 3 atom stereocenters. The van der Waals surface area contributed by atoms with E-state index in [-0.39, 0.29) is 6.04 Å². The lowest BCUT2D eigenvalue weighted by Crippen LogP contribution is -2.50. The molecule has 1 amide bonds. The monoisotopic (exact) mass is 311 g/mol. The highest BCUT2D eigenvalue weighted by molar-refractivity contribution is 7.10. The van der Waals surface area contributed by atoms with Gasteiger partial charge in [0.2, 0.25) is 5.91 Å². The third kappa shape index (κ3) is 1.64. The van der Waals surface area contributed by atoms with Crippen LogP contribution in [0.25, 0.3) is 0 Å². The van der Waals surface area contributed by atoms with Crippen LogP contribution in [0.1, 0.15) is 34.4 Å². The van der Waals surface area contributed by atoms with Crippen LogP contribution in [-0.4, -0.2) is 24.0 Å². The molecule has 5 rings (SSSR count). The fourth-order valence-electron chi connectivity index (χ4n) is 4.41. The molecular weight excluding hydrogens is 294 g/mol. The SMILES string of the molecule is O=C1C[C@H]2COc3ccccc3C2[C@H]2c3ccsc3CCN12. The van der Waals surface area contributed by atoms with Crippen molar-refractivity contribution in [2.75, 3.05) is 13.2 Å². The summed E-state index contributed by atoms with van der Waals surface area (Å²) in [5.41, 5.74) is 2.65. The first kappa shape index (κ1) is 12.7. The van der Waals surface area contributed by atoms with E-state index in [2.05, 4.69) is 34.5 Å². The van der Waals surface area contributed by atoms with Crippen molar-refractivity contribution >= 4 is 17.2 Å². The molecule has 1 aromatic carbocycles. The molecule has 0 N–H and O–H groups in total. The Bertz CT molecular complexity index is 753. The third-order valence-corrected chi connectivity index (χ3v) is 6.35. The molecule has 3 aliphatic rings. The van der Waals surface area contributed by atoms with Crippen molar-refractivity contribution in [1.29, 1.82) is 0 Å². The number of carbonyl (C=O) groups excluding carboxylic acids is 1. The van der Waals surface area contributed by atoms with Crippen LogP contribution in [0.2, 0.25) is 0 Å². The maximum Gasteiger partial charge on any atom is 0.223 e. The standard InChI is InChI=1S/C18H17NO2S/c20-16-9-11-10-21-14-4-2-1-3-12(14)17(11)18-13-6-8-22-15(13)5-7-19(16)18/h1-4,6,8,11,17-18H,5,7,9-10H2/t11-,17?,18+/m0/s1. The number of nitrogens with zero attached hydrogens (tertiary/aromatic N) is 1. The molecule has 2 aromatic rings. The summed E-state index contributed by atoms with van der Waals surface area (Å²) >= 11 is 1.83. The Kier molecular flexibility index (Phi) is 2.65. The van der Waals surface area contributed by atoms with Crippen LogP contribution in [0, 0.1) is 5.92 Å². The molecule has 112 valence electrons. The van der Waals surface area contributed by atoms with E-state index in [4.69, 9.17) is 4.74 Å². The topological polar surface area (TPSA) is 29.5 Å². The highest BCUT2D eigenvalue weighted by atomic mass is 32.1. The summed E-state index contributed by atoms with van der Waals surface area (Å²) in [7, 11) is 0. The second-order valence-electron chi connectivity index (χ2n) is 6.42. The number of fused-ring (bicyclic) bond motifs is 7. The molecule has 0 radical (unpaired) electrons. The van der Waals surface area contributed by atoms with Crippen molar-refractivity contribution in [3.63, 3.8) is 0 Å². The van der Waals surface area contributed by atoms with E-state index in [1.165, 1.54) is 16.0 Å². The summed E-state index contributed by atoms with van der Waals surface area (Å²) in [6.45, 7) is 1.53. The van der Waals surface area contributed by atoms with E-state index >= 15 is 0 Å². The van der Waals surface area contributed by atoms with Gasteiger partial charge in [-0.1, -0.05) is 18.2 Å². The third-order valence-electron chi connectivity index (χ3n) is 5.35. The van der Waals surface area contributed by atoms with E-state index in [9.17, 15) is 4.79 Å². The summed E-state index contributed by atoms with van der Waals surface area (Å²) in [6.07, 6.45) is 1.62. The molecule has 3 aliphatic heterocycles. The maximum absolute atomic E-state index is 12.6. The van der Waals surface area contributed by atoms with Crippen LogP contribution < -0.4 is 4.74 Å². The molecule has 4 heterocycles. The fraction of sp³-hybridized carbons (Fsp3) is 0.389. The van der Waals surface area contributed by atoms with Crippen LogP contribution >= 0.6 is 11.3 Å². The number of rotatable bonds is 0. The normalized spacial score (nSPS) is 29.0. The lowest BCUT2D eigenvalue weighted by molar-refractivity contribution is -0.141. The van der Waals surface area contributed by atoms with E-state index in [1.807, 2.05) is 17.4 Å². The lowest BCUT2D eigenvalue weighted by Gasteiger charge is -2.49. The van der Waals surface area contributed by atoms with Crippen LogP contribution in [0.15, 0.2) is 35.7 Å². The molecule has 4 heteroatoms. The lowest BCUT2D eigenvalue weighted by atomic mass is 9.70. The van der Waals surface area contributed by atoms with Gasteiger partial charge in [-0.05, 0) is 29.5 Å². The highest BCUT2D eigenvalue weighted by Gasteiger charge is 2.48. The highest BCUT2D eigenvalue weighted by Crippen LogP contribution is 2.53. The zero-order valence-corrected chi connectivity index (χ0v) is 13.0. The van der Waals surface area contributed by atoms with Crippen molar-refractivity contribution in [2.24, 2.45) is 5.92 Å². The predicted molar refractivity (Wildman–Crippen MR) is 85.3 cm³/mol. The van der Waals surface area contributed by atoms with Crippen LogP contribution in [-0.2, 0) is 11.2 Å². The molecule has 1 fully saturated rings. The summed E-state index contributed by atoms with van der Waals surface area (Å²) in [4.78, 5) is 16.2. The summed E-state index contributed by atoms with van der Waals surface area (Å²) in [5.74, 6) is 1.97. The first-order valence-corrected chi connectivity index (χ1v) is 8.78. The van der Waals surface area contributed by atoms with Gasteiger partial charge in [-0.2, -0.15) is 0 Å². The van der Waals surface area contributed by atoms with Crippen LogP contribution in [0.5, 0.6) is 5.75 Å². The second kappa shape index (κ2) is 4.59. The average Bonchev–Trinajstić information content (AvgIpc) is 3.03. The molecule has 3 nitrogen and oxygen atoms in total. The molecule has 1 saturated heterocycles. The van der Waals surface area contributed by atoms with Crippen LogP contribution in [0.4, 0.5) is 0 Å². The number of thiophene rings is 1. The maximum atomic E-state index is 12.6. The quantitative estimate of drug-likeness (QED) is 0.746. The Morgan fingerprint density at radius 1 is 1.18 bits per heavy atom. The van der Waals surface area contributed by atoms with E-state index in [1.54, 1.807) is 0 Å². The van der Waals surface area contributed by atoms with Gasteiger partial charge in [0.25, 0.3) is 0 Å². The summed E-state index contributed by atoms with van der Waals surface area (Å²) in [5, 5.41) is 2.17. The van der Waals surface area contributed by atoms with Crippen molar-refractivity contribution in [1.82, 2.24) is 4.90 Å². The molecule has 22 heavy (non-hydrogen) atoms. The van der Waals surface area contributed by atoms with Crippen molar-refractivity contribution in [3.05, 3.63) is 51.7 Å². The van der Waals surface area contributed by atoms with Crippen molar-refractivity contribution in [2.45, 2.75) is 24.8 Å². The number of hydrogen-bond donors (Lipinski definition) is 0. The van der Waals surface area contributed by atoms with Gasteiger partial charge < -0.3 is 9.64 Å². The van der Waals surface area contributed by atoms with Gasteiger partial charge in [-0.25, -0.2) is 0 Å². The first-order chi connectivity index (χ1) is 10.8. The molecule has 1 unspecified atom stereocenters. The smallest absolute Gasteiger partial charge is 0.223 e. The summed E-state index contributed by atoms with van der Waals surface area (Å²) < 4.78 is 5.92. The number of para-hydroxylation sites is 1. The molecular formula is C18H17NO2S. The number of piperidine rings is 1. The summed E-state index contributed by atoms with van der Waals surface area (Å²) in [6, 6.07) is 10.8. The van der Waals surface area contributed by atoms with Gasteiger partial charge in [0.15, 0.2) is 0 Å². The van der Waals surface area contributed by atoms with Gasteiger partial charge in [0, 0.05) is 35.2 Å². The van der Waals surface area contributed by atoms with Gasteiger partial charge >= 0.3 is 0 Å². The van der Waals surface area contributed by atoms with Crippen LogP contribution in [0.3, 0.4) is 0 Å². The van der Waals surface area contributed by atoms with Crippen molar-refractivity contribution < 1.29 is 9.53 Å². The van der Waals surface area contributed by atoms with Gasteiger partial charge in [0.05, 0.1) is 12.6 Å². The Balaban J connectivity index is 1.69. The minimum Gasteiger partial charge on any atom is -0.493 e. The number of ether oxygens (including phenoxy) is 1. The van der Waals surface area contributed by atoms with E-state index in [0.29, 0.717) is 30.8 Å². The first-order valence-electron chi connectivity index (χ1n) is 7.90. The van der Waals surface area contributed by atoms with Crippen molar-refractivity contribution in [3.8, 4) is 5.75 Å². The van der Waals surface area contributed by atoms with E-state index < -0.39 is 0 Å². The zero-order valence-electron chi connectivity index (χ0n) is 12.2. The number of amides is 1.